The maximum atomic E-state index is 8.53. The van der Waals surface area contributed by atoms with E-state index >= 15 is 0 Å². The van der Waals surface area contributed by atoms with Gasteiger partial charge in [-0.15, -0.1) is 0 Å². The van der Waals surface area contributed by atoms with E-state index in [1.54, 1.807) is 0 Å². The minimum atomic E-state index is 0.562. The Balaban J connectivity index is 2.15. The van der Waals surface area contributed by atoms with Gasteiger partial charge >= 0.3 is 0 Å². The van der Waals surface area contributed by atoms with Gasteiger partial charge in [0.25, 0.3) is 0 Å². The zero-order chi connectivity index (χ0) is 17.5. The Morgan fingerprint density at radius 3 is 2.42 bits per heavy atom. The molecular weight excluding hydrogens is 292 g/mol. The van der Waals surface area contributed by atoms with Crippen LogP contribution in [0.4, 0.5) is 0 Å². The van der Waals surface area contributed by atoms with E-state index in [0.717, 1.165) is 29.8 Å². The van der Waals surface area contributed by atoms with Crippen molar-refractivity contribution in [1.29, 1.82) is 5.41 Å². The molecule has 0 bridgehead atoms. The van der Waals surface area contributed by atoms with Crippen molar-refractivity contribution in [2.45, 2.75) is 27.2 Å². The van der Waals surface area contributed by atoms with Crippen LogP contribution < -0.4 is 0 Å². The highest BCUT2D eigenvalue weighted by molar-refractivity contribution is 6.05. The van der Waals surface area contributed by atoms with Crippen molar-refractivity contribution in [1.82, 2.24) is 4.90 Å². The van der Waals surface area contributed by atoms with E-state index in [2.05, 4.69) is 49.6 Å². The van der Waals surface area contributed by atoms with Crippen molar-refractivity contribution in [3.8, 4) is 0 Å². The molecule has 2 heteroatoms. The number of benzene rings is 1. The molecule has 0 aliphatic carbocycles. The van der Waals surface area contributed by atoms with Gasteiger partial charge in [-0.25, -0.2) is 0 Å². The minimum Gasteiger partial charge on any atom is -0.326 e. The van der Waals surface area contributed by atoms with E-state index < -0.39 is 0 Å². The van der Waals surface area contributed by atoms with Crippen molar-refractivity contribution in [3.63, 3.8) is 0 Å². The second kappa shape index (κ2) is 8.30. The van der Waals surface area contributed by atoms with Crippen LogP contribution in [0, 0.1) is 5.41 Å². The first-order valence-electron chi connectivity index (χ1n) is 8.35. The first kappa shape index (κ1) is 17.7. The zero-order valence-corrected chi connectivity index (χ0v) is 14.8. The molecule has 0 saturated heterocycles. The largest absolute Gasteiger partial charge is 0.326 e. The van der Waals surface area contributed by atoms with Gasteiger partial charge in [-0.05, 0) is 32.8 Å². The summed E-state index contributed by atoms with van der Waals surface area (Å²) < 4.78 is 0. The van der Waals surface area contributed by atoms with Gasteiger partial charge in [0.05, 0.1) is 0 Å². The van der Waals surface area contributed by atoms with Crippen LogP contribution in [0.2, 0.25) is 0 Å². The Kier molecular flexibility index (Phi) is 6.14. The number of hydrogen-bond acceptors (Lipinski definition) is 1. The van der Waals surface area contributed by atoms with Gasteiger partial charge in [0, 0.05) is 23.4 Å². The summed E-state index contributed by atoms with van der Waals surface area (Å²) in [5, 5.41) is 8.53. The van der Waals surface area contributed by atoms with Crippen molar-refractivity contribution >= 4 is 11.9 Å². The van der Waals surface area contributed by atoms with Crippen molar-refractivity contribution in [2.75, 3.05) is 6.54 Å². The molecule has 0 fully saturated rings. The smallest absolute Gasteiger partial charge is 0.133 e. The molecule has 2 nitrogen and oxygen atoms in total. The molecule has 0 atom stereocenters. The van der Waals surface area contributed by atoms with Crippen LogP contribution in [0.15, 0.2) is 83.6 Å². The standard InChI is InChI=1S/C22H26N2/c1-5-12-20-19(6-2)21(17(3)4)24(22(20)23)16-11-10-15-18-13-8-7-9-14-18/h5-10,12-15,23H,2,11,16H2,1,3-4H3/b12-5-,15-10-,23-22?. The molecule has 0 spiro atoms. The summed E-state index contributed by atoms with van der Waals surface area (Å²) in [5.41, 5.74) is 5.55. The van der Waals surface area contributed by atoms with E-state index in [4.69, 9.17) is 5.41 Å². The SMILES string of the molecule is C=CC1=C(/C=C\C)C(=N)N(CC/C=C\c2ccccc2)C1=C(C)C. The summed E-state index contributed by atoms with van der Waals surface area (Å²) in [6, 6.07) is 10.3. The summed E-state index contributed by atoms with van der Waals surface area (Å²) in [7, 11) is 0. The number of rotatable bonds is 6. The number of nitrogens with zero attached hydrogens (tertiary/aromatic N) is 1. The molecule has 2 rings (SSSR count). The highest BCUT2D eigenvalue weighted by atomic mass is 15.2. The molecule has 1 aliphatic heterocycles. The molecule has 1 aliphatic rings. The van der Waals surface area contributed by atoms with Gasteiger partial charge in [0.15, 0.2) is 0 Å². The highest BCUT2D eigenvalue weighted by Gasteiger charge is 2.29. The molecule has 124 valence electrons. The second-order valence-corrected chi connectivity index (χ2v) is 5.98. The normalized spacial score (nSPS) is 15.2. The lowest BCUT2D eigenvalue weighted by Gasteiger charge is -2.22. The molecule has 1 aromatic rings. The number of amidine groups is 1. The van der Waals surface area contributed by atoms with Gasteiger partial charge in [-0.3, -0.25) is 5.41 Å². The Morgan fingerprint density at radius 2 is 1.83 bits per heavy atom. The van der Waals surface area contributed by atoms with Gasteiger partial charge in [0.1, 0.15) is 5.84 Å². The average Bonchev–Trinajstić information content (AvgIpc) is 2.85. The summed E-state index contributed by atoms with van der Waals surface area (Å²) in [6.07, 6.45) is 11.0. The fourth-order valence-electron chi connectivity index (χ4n) is 2.95. The zero-order valence-electron chi connectivity index (χ0n) is 14.8. The number of hydrogen-bond donors (Lipinski definition) is 1. The van der Waals surface area contributed by atoms with Crippen molar-refractivity contribution in [3.05, 3.63) is 89.2 Å². The van der Waals surface area contributed by atoms with Crippen molar-refractivity contribution in [2.24, 2.45) is 0 Å². The summed E-state index contributed by atoms with van der Waals surface area (Å²) in [6.45, 7) is 10.9. The lowest BCUT2D eigenvalue weighted by molar-refractivity contribution is 0.535. The molecule has 1 N–H and O–H groups in total. The van der Waals surface area contributed by atoms with E-state index in [1.165, 1.54) is 11.1 Å². The Morgan fingerprint density at radius 1 is 1.12 bits per heavy atom. The lowest BCUT2D eigenvalue weighted by Crippen LogP contribution is -2.26. The van der Waals surface area contributed by atoms with Crippen LogP contribution in [-0.2, 0) is 0 Å². The molecule has 1 heterocycles. The van der Waals surface area contributed by atoms with Gasteiger partial charge in [-0.1, -0.05) is 72.9 Å². The fraction of sp³-hybridized carbons (Fsp3) is 0.227. The molecule has 1 aromatic carbocycles. The van der Waals surface area contributed by atoms with Crippen LogP contribution in [0.25, 0.3) is 6.08 Å². The molecule has 24 heavy (non-hydrogen) atoms. The Hall–Kier alpha value is -2.61. The quantitative estimate of drug-likeness (QED) is 0.712. The molecular formula is C22H26N2. The minimum absolute atomic E-state index is 0.562. The number of allylic oxidation sites excluding steroid dienone is 3. The molecule has 0 radical (unpaired) electrons. The maximum absolute atomic E-state index is 8.53. The van der Waals surface area contributed by atoms with E-state index in [9.17, 15) is 0 Å². The van der Waals surface area contributed by atoms with Gasteiger partial charge in [0.2, 0.25) is 0 Å². The monoisotopic (exact) mass is 318 g/mol. The predicted molar refractivity (Wildman–Crippen MR) is 105 cm³/mol. The third kappa shape index (κ3) is 3.83. The maximum Gasteiger partial charge on any atom is 0.133 e. The fourth-order valence-corrected chi connectivity index (χ4v) is 2.95. The van der Waals surface area contributed by atoms with E-state index in [1.807, 2.05) is 43.4 Å². The molecule has 0 unspecified atom stereocenters. The summed E-state index contributed by atoms with van der Waals surface area (Å²) >= 11 is 0. The Bertz CT molecular complexity index is 726. The van der Waals surface area contributed by atoms with Crippen LogP contribution in [0.3, 0.4) is 0 Å². The molecule has 0 amide bonds. The first-order valence-corrected chi connectivity index (χ1v) is 8.35. The van der Waals surface area contributed by atoms with Gasteiger partial charge < -0.3 is 4.90 Å². The third-order valence-electron chi connectivity index (χ3n) is 3.98. The van der Waals surface area contributed by atoms with Crippen LogP contribution in [0.5, 0.6) is 0 Å². The average molecular weight is 318 g/mol. The van der Waals surface area contributed by atoms with E-state index in [0.29, 0.717) is 5.84 Å². The lowest BCUT2D eigenvalue weighted by atomic mass is 10.1. The third-order valence-corrected chi connectivity index (χ3v) is 3.98. The number of nitrogens with one attached hydrogen (secondary N) is 1. The first-order chi connectivity index (χ1) is 11.6. The van der Waals surface area contributed by atoms with Crippen molar-refractivity contribution < 1.29 is 0 Å². The predicted octanol–water partition coefficient (Wildman–Crippen LogP) is 5.74. The second-order valence-electron chi connectivity index (χ2n) is 5.98. The van der Waals surface area contributed by atoms with Gasteiger partial charge in [-0.2, -0.15) is 0 Å². The van der Waals surface area contributed by atoms with Crippen LogP contribution >= 0.6 is 0 Å². The van der Waals surface area contributed by atoms with Crippen LogP contribution in [-0.4, -0.2) is 17.3 Å². The van der Waals surface area contributed by atoms with E-state index in [-0.39, 0.29) is 0 Å². The summed E-state index contributed by atoms with van der Waals surface area (Å²) in [4.78, 5) is 2.09. The molecule has 0 aromatic heterocycles. The summed E-state index contributed by atoms with van der Waals surface area (Å²) in [5.74, 6) is 0.562. The van der Waals surface area contributed by atoms with Crippen LogP contribution in [0.1, 0.15) is 32.8 Å². The highest BCUT2D eigenvalue weighted by Crippen LogP contribution is 2.33. The topological polar surface area (TPSA) is 27.1 Å². The molecule has 0 saturated carbocycles. The Labute approximate surface area is 145 Å².